The molecule has 3 nitrogen and oxygen atoms in total. The number of hydrogen-bond donors (Lipinski definition) is 1. The molecule has 0 atom stereocenters. The van der Waals surface area contributed by atoms with E-state index in [9.17, 15) is 0 Å². The molecule has 0 aliphatic carbocycles. The Morgan fingerprint density at radius 1 is 0.821 bits per heavy atom. The monoisotopic (exact) mass is 480 g/mol. The number of aromatic amines is 1. The van der Waals surface area contributed by atoms with Gasteiger partial charge >= 0.3 is 0 Å². The molecule has 0 saturated heterocycles. The normalized spacial score (nSPS) is 11.1. The molecule has 0 unspecified atom stereocenters. The van der Waals surface area contributed by atoms with Gasteiger partial charge in [-0.15, -0.1) is 0 Å². The molecule has 5 aromatic rings. The van der Waals surface area contributed by atoms with E-state index in [4.69, 9.17) is 4.74 Å². The summed E-state index contributed by atoms with van der Waals surface area (Å²) in [5.41, 5.74) is 4.93. The Labute approximate surface area is 181 Å². The van der Waals surface area contributed by atoms with Crippen LogP contribution < -0.4 is 33.3 Å². The number of aryl methyl sites for hydroxylation is 3. The van der Waals surface area contributed by atoms with E-state index in [-0.39, 0.29) is 24.0 Å². The van der Waals surface area contributed by atoms with E-state index in [0.717, 1.165) is 17.0 Å². The van der Waals surface area contributed by atoms with E-state index >= 15 is 0 Å². The van der Waals surface area contributed by atoms with Crippen LogP contribution in [0.15, 0.2) is 67.0 Å². The average Bonchev–Trinajstić information content (AvgIpc) is 3.06. The number of benzene rings is 3. The lowest BCUT2D eigenvalue weighted by Gasteiger charge is -2.08. The topological polar surface area (TPSA) is 28.9 Å². The predicted molar refractivity (Wildman–Crippen MR) is 110 cm³/mol. The Kier molecular flexibility index (Phi) is 4.75. The van der Waals surface area contributed by atoms with Crippen molar-refractivity contribution in [2.75, 3.05) is 0 Å². The molecule has 0 amide bonds. The number of rotatable bonds is 2. The van der Waals surface area contributed by atoms with Crippen LogP contribution in [0.5, 0.6) is 11.5 Å². The van der Waals surface area contributed by atoms with Gasteiger partial charge in [0.1, 0.15) is 18.5 Å². The number of nitrogens with zero attached hydrogens (tertiary/aromatic N) is 1. The molecule has 2 heterocycles. The lowest BCUT2D eigenvalue weighted by atomic mass is 9.97. The summed E-state index contributed by atoms with van der Waals surface area (Å²) in [7, 11) is 2.07. The van der Waals surface area contributed by atoms with Gasteiger partial charge in [0.05, 0.1) is 5.52 Å². The fraction of sp³-hybridized carbons (Fsp3) is 0.125. The zero-order valence-electron chi connectivity index (χ0n) is 16.1. The van der Waals surface area contributed by atoms with Gasteiger partial charge in [-0.05, 0) is 60.7 Å². The summed E-state index contributed by atoms with van der Waals surface area (Å²) < 4.78 is 8.17. The first kappa shape index (κ1) is 18.7. The summed E-state index contributed by atoms with van der Waals surface area (Å²) in [5, 5.41) is 5.07. The minimum Gasteiger partial charge on any atom is -1.00 e. The Morgan fingerprint density at radius 3 is 2.39 bits per heavy atom. The van der Waals surface area contributed by atoms with Crippen LogP contribution in [0.3, 0.4) is 0 Å². The molecule has 140 valence electrons. The maximum Gasteiger partial charge on any atom is 0.176 e. The Balaban J connectivity index is 0.00000192. The number of H-pyrrole nitrogens is 1. The van der Waals surface area contributed by atoms with E-state index in [2.05, 4.69) is 61.0 Å². The first-order chi connectivity index (χ1) is 13.1. The van der Waals surface area contributed by atoms with Gasteiger partial charge in [-0.1, -0.05) is 18.2 Å². The second-order valence-electron chi connectivity index (χ2n) is 7.19. The smallest absolute Gasteiger partial charge is 0.176 e. The highest BCUT2D eigenvalue weighted by Gasteiger charge is 2.16. The van der Waals surface area contributed by atoms with Crippen molar-refractivity contribution in [2.45, 2.75) is 13.8 Å². The quantitative estimate of drug-likeness (QED) is 0.306. The van der Waals surface area contributed by atoms with Crippen molar-refractivity contribution < 1.29 is 33.3 Å². The van der Waals surface area contributed by atoms with Crippen molar-refractivity contribution in [1.82, 2.24) is 4.98 Å². The van der Waals surface area contributed by atoms with Crippen LogP contribution in [0.25, 0.3) is 32.6 Å². The third-order valence-electron chi connectivity index (χ3n) is 5.41. The molecule has 0 aliphatic rings. The number of pyridine rings is 1. The van der Waals surface area contributed by atoms with E-state index in [1.54, 1.807) is 0 Å². The molecule has 2 aromatic heterocycles. The molecular weight excluding hydrogens is 459 g/mol. The van der Waals surface area contributed by atoms with Crippen LogP contribution in [0.2, 0.25) is 0 Å². The molecule has 0 radical (unpaired) electrons. The summed E-state index contributed by atoms with van der Waals surface area (Å²) >= 11 is 0. The highest BCUT2D eigenvalue weighted by molar-refractivity contribution is 6.16. The van der Waals surface area contributed by atoms with Gasteiger partial charge in [0.15, 0.2) is 12.4 Å². The minimum absolute atomic E-state index is 0. The molecule has 5 rings (SSSR count). The third-order valence-corrected chi connectivity index (χ3v) is 5.41. The summed E-state index contributed by atoms with van der Waals surface area (Å²) in [6.07, 6.45) is 4.31. The minimum atomic E-state index is 0. The van der Waals surface area contributed by atoms with Gasteiger partial charge in [-0.2, -0.15) is 0 Å². The highest BCUT2D eigenvalue weighted by Crippen LogP contribution is 2.37. The van der Waals surface area contributed by atoms with Crippen molar-refractivity contribution >= 4 is 32.6 Å². The molecule has 0 fully saturated rings. The van der Waals surface area contributed by atoms with Crippen molar-refractivity contribution in [3.8, 4) is 11.5 Å². The number of ether oxygens (including phenoxy) is 1. The van der Waals surface area contributed by atoms with Crippen LogP contribution in [0, 0.1) is 13.8 Å². The molecular formula is C24H21IN2O. The lowest BCUT2D eigenvalue weighted by molar-refractivity contribution is -0.670. The highest BCUT2D eigenvalue weighted by atomic mass is 127. The number of nitrogens with one attached hydrogen (secondary N) is 1. The van der Waals surface area contributed by atoms with E-state index in [0.29, 0.717) is 0 Å². The predicted octanol–water partition coefficient (Wildman–Crippen LogP) is 2.71. The van der Waals surface area contributed by atoms with Gasteiger partial charge in [-0.3, -0.25) is 0 Å². The van der Waals surface area contributed by atoms with Crippen LogP contribution in [-0.2, 0) is 7.05 Å². The van der Waals surface area contributed by atoms with E-state index in [1.165, 1.54) is 38.2 Å². The SMILES string of the molecule is Cc1c2cc[n+](C)cc2c(C)c2c1[nH]c1ccc(Oc3ccccc3)cc12.[I-]. The molecule has 0 saturated carbocycles. The van der Waals surface area contributed by atoms with Crippen LogP contribution in [0.1, 0.15) is 11.1 Å². The summed E-state index contributed by atoms with van der Waals surface area (Å²) in [6.45, 7) is 4.41. The van der Waals surface area contributed by atoms with E-state index < -0.39 is 0 Å². The van der Waals surface area contributed by atoms with Crippen LogP contribution in [-0.4, -0.2) is 4.98 Å². The number of fused-ring (bicyclic) bond motifs is 4. The van der Waals surface area contributed by atoms with Crippen LogP contribution >= 0.6 is 0 Å². The van der Waals surface area contributed by atoms with Gasteiger partial charge < -0.3 is 33.7 Å². The van der Waals surface area contributed by atoms with Gasteiger partial charge in [-0.25, -0.2) is 4.57 Å². The summed E-state index contributed by atoms with van der Waals surface area (Å²) in [5.74, 6) is 1.70. The Bertz CT molecular complexity index is 1320. The zero-order chi connectivity index (χ0) is 18.5. The number of halogens is 1. The first-order valence-corrected chi connectivity index (χ1v) is 9.18. The van der Waals surface area contributed by atoms with Crippen LogP contribution in [0.4, 0.5) is 0 Å². The number of para-hydroxylation sites is 1. The number of aromatic nitrogens is 2. The number of hydrogen-bond acceptors (Lipinski definition) is 1. The van der Waals surface area contributed by atoms with Gasteiger partial charge in [0.25, 0.3) is 0 Å². The molecule has 0 bridgehead atoms. The lowest BCUT2D eigenvalue weighted by Crippen LogP contribution is -3.00. The molecule has 4 heteroatoms. The van der Waals surface area contributed by atoms with Gasteiger partial charge in [0.2, 0.25) is 0 Å². The fourth-order valence-electron chi connectivity index (χ4n) is 4.02. The van der Waals surface area contributed by atoms with Crippen molar-refractivity contribution in [3.05, 3.63) is 78.1 Å². The van der Waals surface area contributed by atoms with Crippen molar-refractivity contribution in [2.24, 2.45) is 7.05 Å². The zero-order valence-corrected chi connectivity index (χ0v) is 18.2. The summed E-state index contributed by atoms with van der Waals surface area (Å²) in [4.78, 5) is 3.62. The molecule has 1 N–H and O–H groups in total. The van der Waals surface area contributed by atoms with Crippen molar-refractivity contribution in [1.29, 1.82) is 0 Å². The largest absolute Gasteiger partial charge is 1.00 e. The standard InChI is InChI=1S/C24H20N2O.HI/c1-15-21-14-26(3)12-11-19(21)16(2)24-23(15)20-13-18(9-10-22(20)25-24)27-17-7-5-4-6-8-17;/h4-14H,1-3H3;1H. The molecule has 0 aliphatic heterocycles. The average molecular weight is 480 g/mol. The molecule has 28 heavy (non-hydrogen) atoms. The third kappa shape index (κ3) is 2.92. The van der Waals surface area contributed by atoms with Crippen molar-refractivity contribution in [3.63, 3.8) is 0 Å². The first-order valence-electron chi connectivity index (χ1n) is 9.18. The fourth-order valence-corrected chi connectivity index (χ4v) is 4.02. The van der Waals surface area contributed by atoms with Gasteiger partial charge in [0, 0.05) is 27.7 Å². The Hall–Kier alpha value is -2.60. The maximum absolute atomic E-state index is 6.06. The Morgan fingerprint density at radius 2 is 1.61 bits per heavy atom. The maximum atomic E-state index is 6.06. The van der Waals surface area contributed by atoms with E-state index in [1.807, 2.05) is 36.4 Å². The summed E-state index contributed by atoms with van der Waals surface area (Å²) in [6, 6.07) is 18.4. The molecule has 0 spiro atoms. The second-order valence-corrected chi connectivity index (χ2v) is 7.19. The molecule has 3 aromatic carbocycles. The second kappa shape index (κ2) is 7.09.